The van der Waals surface area contributed by atoms with Gasteiger partial charge in [-0.1, -0.05) is 31.9 Å². The van der Waals surface area contributed by atoms with Crippen molar-refractivity contribution >= 4 is 29.2 Å². The molecular weight excluding hydrogens is 389 g/mol. The number of carbonyl (C=O) groups is 3. The third-order valence-electron chi connectivity index (χ3n) is 5.48. The predicted octanol–water partition coefficient (Wildman–Crippen LogP) is 3.10. The van der Waals surface area contributed by atoms with E-state index < -0.39 is 42.7 Å². The maximum atomic E-state index is 12.9. The van der Waals surface area contributed by atoms with Gasteiger partial charge in [-0.15, -0.1) is 0 Å². The van der Waals surface area contributed by atoms with Crippen LogP contribution in [0.4, 0.5) is 29.3 Å². The molecule has 3 rings (SSSR count). The zero-order valence-electron chi connectivity index (χ0n) is 15.9. The SMILES string of the molecule is CC1CCCCC12NC(=O)N(CC(=O)Nc1ccccc1NCC(F)(F)F)C2=O. The molecule has 1 aromatic rings. The van der Waals surface area contributed by atoms with Crippen LogP contribution in [0, 0.1) is 5.92 Å². The highest BCUT2D eigenvalue weighted by atomic mass is 19.4. The van der Waals surface area contributed by atoms with Crippen molar-refractivity contribution < 1.29 is 27.6 Å². The van der Waals surface area contributed by atoms with E-state index in [4.69, 9.17) is 0 Å². The van der Waals surface area contributed by atoms with Gasteiger partial charge in [0.15, 0.2) is 0 Å². The van der Waals surface area contributed by atoms with E-state index in [0.29, 0.717) is 6.42 Å². The zero-order chi connectivity index (χ0) is 21.2. The van der Waals surface area contributed by atoms with Gasteiger partial charge in [-0.2, -0.15) is 13.2 Å². The second kappa shape index (κ2) is 7.92. The topological polar surface area (TPSA) is 90.5 Å². The van der Waals surface area contributed by atoms with Gasteiger partial charge in [-0.3, -0.25) is 14.5 Å². The fourth-order valence-electron chi connectivity index (χ4n) is 3.91. The summed E-state index contributed by atoms with van der Waals surface area (Å²) in [6.07, 6.45) is -1.28. The maximum absolute atomic E-state index is 12.9. The monoisotopic (exact) mass is 412 g/mol. The lowest BCUT2D eigenvalue weighted by Crippen LogP contribution is -2.54. The molecule has 1 spiro atoms. The fraction of sp³-hybridized carbons (Fsp3) is 0.526. The molecule has 0 bridgehead atoms. The van der Waals surface area contributed by atoms with Crippen molar-refractivity contribution in [2.45, 2.75) is 44.3 Å². The van der Waals surface area contributed by atoms with Gasteiger partial charge in [0.05, 0.1) is 11.4 Å². The summed E-state index contributed by atoms with van der Waals surface area (Å²) in [7, 11) is 0. The molecule has 3 N–H and O–H groups in total. The first-order chi connectivity index (χ1) is 13.6. The summed E-state index contributed by atoms with van der Waals surface area (Å²) in [4.78, 5) is 38.6. The lowest BCUT2D eigenvalue weighted by molar-refractivity contribution is -0.136. The summed E-state index contributed by atoms with van der Waals surface area (Å²) in [5.74, 6) is -1.13. The molecule has 4 amide bonds. The summed E-state index contributed by atoms with van der Waals surface area (Å²) in [5, 5.41) is 7.45. The molecule has 1 aliphatic carbocycles. The van der Waals surface area contributed by atoms with Crippen molar-refractivity contribution in [3.05, 3.63) is 24.3 Å². The van der Waals surface area contributed by atoms with E-state index in [0.717, 1.165) is 24.2 Å². The van der Waals surface area contributed by atoms with Crippen molar-refractivity contribution in [3.8, 4) is 0 Å². The van der Waals surface area contributed by atoms with Crippen LogP contribution in [0.15, 0.2) is 24.3 Å². The largest absolute Gasteiger partial charge is 0.405 e. The smallest absolute Gasteiger partial charge is 0.375 e. The van der Waals surface area contributed by atoms with Crippen LogP contribution in [0.3, 0.4) is 0 Å². The van der Waals surface area contributed by atoms with Gasteiger partial charge in [0.1, 0.15) is 18.6 Å². The Balaban J connectivity index is 1.67. The minimum absolute atomic E-state index is 0.0342. The van der Waals surface area contributed by atoms with Crippen LogP contribution in [0.5, 0.6) is 0 Å². The molecule has 1 saturated carbocycles. The van der Waals surface area contributed by atoms with Crippen LogP contribution in [-0.2, 0) is 9.59 Å². The Morgan fingerprint density at radius 2 is 1.93 bits per heavy atom. The zero-order valence-corrected chi connectivity index (χ0v) is 15.9. The number of benzene rings is 1. The first-order valence-electron chi connectivity index (χ1n) is 9.46. The number of nitrogens with zero attached hydrogens (tertiary/aromatic N) is 1. The predicted molar refractivity (Wildman–Crippen MR) is 100 cm³/mol. The first kappa shape index (κ1) is 20.9. The molecule has 2 atom stereocenters. The molecule has 158 valence electrons. The van der Waals surface area contributed by atoms with E-state index in [1.54, 1.807) is 6.07 Å². The van der Waals surface area contributed by atoms with Crippen molar-refractivity contribution in [2.75, 3.05) is 23.7 Å². The standard InChI is InChI=1S/C19H23F3N4O3/c1-12-6-4-5-9-18(12)16(28)26(17(29)25-18)10-15(27)24-14-8-3-2-7-13(14)23-11-19(20,21)22/h2-3,7-8,12,23H,4-6,9-11H2,1H3,(H,24,27)(H,25,29). The van der Waals surface area contributed by atoms with Gasteiger partial charge in [-0.05, 0) is 30.9 Å². The normalized spacial score (nSPS) is 24.6. The van der Waals surface area contributed by atoms with Crippen LogP contribution in [0.1, 0.15) is 32.6 Å². The van der Waals surface area contributed by atoms with Crippen molar-refractivity contribution in [3.63, 3.8) is 0 Å². The number of amides is 4. The number of carbonyl (C=O) groups excluding carboxylic acids is 3. The number of hydrogen-bond acceptors (Lipinski definition) is 4. The number of imide groups is 1. The molecule has 1 heterocycles. The molecule has 2 unspecified atom stereocenters. The highest BCUT2D eigenvalue weighted by Crippen LogP contribution is 2.38. The minimum Gasteiger partial charge on any atom is -0.375 e. The first-order valence-corrected chi connectivity index (χ1v) is 9.46. The third-order valence-corrected chi connectivity index (χ3v) is 5.48. The Kier molecular flexibility index (Phi) is 5.72. The highest BCUT2D eigenvalue weighted by Gasteiger charge is 2.55. The summed E-state index contributed by atoms with van der Waals surface area (Å²) in [6, 6.07) is 5.30. The van der Waals surface area contributed by atoms with E-state index in [9.17, 15) is 27.6 Å². The number of urea groups is 1. The number of rotatable bonds is 5. The lowest BCUT2D eigenvalue weighted by Gasteiger charge is -2.36. The van der Waals surface area contributed by atoms with Crippen LogP contribution >= 0.6 is 0 Å². The Bertz CT molecular complexity index is 814. The average Bonchev–Trinajstić information content (AvgIpc) is 2.88. The van der Waals surface area contributed by atoms with E-state index in [2.05, 4.69) is 16.0 Å². The lowest BCUT2D eigenvalue weighted by atomic mass is 9.73. The van der Waals surface area contributed by atoms with Gasteiger partial charge in [0.25, 0.3) is 5.91 Å². The van der Waals surface area contributed by atoms with E-state index >= 15 is 0 Å². The van der Waals surface area contributed by atoms with Crippen LogP contribution in [0.2, 0.25) is 0 Å². The number of para-hydroxylation sites is 2. The summed E-state index contributed by atoms with van der Waals surface area (Å²) < 4.78 is 37.4. The quantitative estimate of drug-likeness (QED) is 0.649. The average molecular weight is 412 g/mol. The Morgan fingerprint density at radius 1 is 1.24 bits per heavy atom. The molecule has 2 aliphatic rings. The minimum atomic E-state index is -4.41. The van der Waals surface area contributed by atoms with Crippen molar-refractivity contribution in [1.82, 2.24) is 10.2 Å². The van der Waals surface area contributed by atoms with Gasteiger partial charge in [0.2, 0.25) is 5.91 Å². The van der Waals surface area contributed by atoms with E-state index in [1.807, 2.05) is 6.92 Å². The van der Waals surface area contributed by atoms with Crippen molar-refractivity contribution in [1.29, 1.82) is 0 Å². The molecule has 2 fully saturated rings. The van der Waals surface area contributed by atoms with Gasteiger partial charge >= 0.3 is 12.2 Å². The molecule has 10 heteroatoms. The van der Waals surface area contributed by atoms with E-state index in [1.165, 1.54) is 18.2 Å². The molecule has 0 aromatic heterocycles. The summed E-state index contributed by atoms with van der Waals surface area (Å²) >= 11 is 0. The second-order valence-electron chi connectivity index (χ2n) is 7.50. The Labute approximate surface area is 166 Å². The van der Waals surface area contributed by atoms with E-state index in [-0.39, 0.29) is 17.3 Å². The Hall–Kier alpha value is -2.78. The van der Waals surface area contributed by atoms with Crippen LogP contribution in [0.25, 0.3) is 0 Å². The molecule has 1 saturated heterocycles. The molecule has 0 radical (unpaired) electrons. The van der Waals surface area contributed by atoms with Crippen LogP contribution in [-0.4, -0.2) is 47.6 Å². The summed E-state index contributed by atoms with van der Waals surface area (Å²) in [6.45, 7) is 0.142. The second-order valence-corrected chi connectivity index (χ2v) is 7.50. The van der Waals surface area contributed by atoms with Gasteiger partial charge in [0, 0.05) is 0 Å². The van der Waals surface area contributed by atoms with Gasteiger partial charge in [-0.25, -0.2) is 4.79 Å². The molecule has 1 aliphatic heterocycles. The van der Waals surface area contributed by atoms with Gasteiger partial charge < -0.3 is 16.0 Å². The van der Waals surface area contributed by atoms with Crippen LogP contribution < -0.4 is 16.0 Å². The number of anilines is 2. The number of hydrogen-bond donors (Lipinski definition) is 3. The molecule has 7 nitrogen and oxygen atoms in total. The van der Waals surface area contributed by atoms with Crippen molar-refractivity contribution in [2.24, 2.45) is 5.92 Å². The number of halogens is 3. The third kappa shape index (κ3) is 4.46. The molecule has 1 aromatic carbocycles. The maximum Gasteiger partial charge on any atom is 0.405 e. The highest BCUT2D eigenvalue weighted by molar-refractivity contribution is 6.10. The number of nitrogens with one attached hydrogen (secondary N) is 3. The fourth-order valence-corrected chi connectivity index (χ4v) is 3.91. The number of alkyl halides is 3. The molecule has 29 heavy (non-hydrogen) atoms. The summed E-state index contributed by atoms with van der Waals surface area (Å²) in [5.41, 5.74) is -0.746. The Morgan fingerprint density at radius 3 is 2.59 bits per heavy atom. The molecular formula is C19H23F3N4O3.